The van der Waals surface area contributed by atoms with E-state index in [1.807, 2.05) is 0 Å². The van der Waals surface area contributed by atoms with Crippen molar-refractivity contribution in [3.63, 3.8) is 0 Å². The van der Waals surface area contributed by atoms with E-state index < -0.39 is 28.5 Å². The van der Waals surface area contributed by atoms with Crippen LogP contribution in [0, 0.1) is 11.3 Å². The van der Waals surface area contributed by atoms with Gasteiger partial charge in [-0.25, -0.2) is 0 Å². The molecule has 4 saturated heterocycles. The zero-order valence-corrected chi connectivity index (χ0v) is 27.6. The molecule has 6 fully saturated rings. The van der Waals surface area contributed by atoms with Crippen molar-refractivity contribution in [1.29, 1.82) is 0 Å². The van der Waals surface area contributed by atoms with Gasteiger partial charge in [-0.15, -0.1) is 0 Å². The minimum atomic E-state index is -1.05. The molecule has 1 spiro atoms. The van der Waals surface area contributed by atoms with Crippen LogP contribution in [-0.4, -0.2) is 69.3 Å². The lowest BCUT2D eigenvalue weighted by Gasteiger charge is -2.66. The van der Waals surface area contributed by atoms with Crippen LogP contribution in [0.3, 0.4) is 0 Å². The largest absolute Gasteiger partial charge is 0.386 e. The van der Waals surface area contributed by atoms with Crippen LogP contribution in [0.5, 0.6) is 0 Å². The maximum atomic E-state index is 13.3. The van der Waals surface area contributed by atoms with Gasteiger partial charge in [0.2, 0.25) is 0 Å². The van der Waals surface area contributed by atoms with E-state index in [0.717, 1.165) is 32.1 Å². The number of fused-ring (bicyclic) bond motifs is 9. The predicted octanol–water partition coefficient (Wildman–Crippen LogP) is 6.03. The highest BCUT2D eigenvalue weighted by Gasteiger charge is 2.87. The van der Waals surface area contributed by atoms with E-state index in [4.69, 9.17) is 23.7 Å². The number of hydrogen-bond donors (Lipinski definition) is 2. The summed E-state index contributed by atoms with van der Waals surface area (Å²) in [5.74, 6) is 0.475. The summed E-state index contributed by atoms with van der Waals surface area (Å²) in [6, 6.07) is 6.95. The molecule has 0 amide bonds. The van der Waals surface area contributed by atoms with E-state index in [9.17, 15) is 5.11 Å². The number of H-pyrrole nitrogens is 1. The van der Waals surface area contributed by atoms with Crippen LogP contribution >= 0.6 is 0 Å². The van der Waals surface area contributed by atoms with Crippen molar-refractivity contribution >= 4 is 10.9 Å². The summed E-state index contributed by atoms with van der Waals surface area (Å²) in [5, 5.41) is 14.6. The Morgan fingerprint density at radius 1 is 0.932 bits per heavy atom. The van der Waals surface area contributed by atoms with E-state index in [-0.39, 0.29) is 41.5 Å². The fourth-order valence-electron chi connectivity index (χ4n) is 11.0. The summed E-state index contributed by atoms with van der Waals surface area (Å²) in [5.41, 5.74) is 3.39. The molecule has 5 heterocycles. The normalized spacial score (nSPS) is 48.7. The molecule has 1 unspecified atom stereocenters. The van der Waals surface area contributed by atoms with Gasteiger partial charge in [-0.1, -0.05) is 37.6 Å². The van der Waals surface area contributed by atoms with Gasteiger partial charge in [0.05, 0.1) is 17.3 Å². The highest BCUT2D eigenvalue weighted by molar-refractivity contribution is 5.87. The Kier molecular flexibility index (Phi) is 5.43. The number of epoxide rings is 2. The van der Waals surface area contributed by atoms with Crippen LogP contribution in [0.2, 0.25) is 0 Å². The van der Waals surface area contributed by atoms with Gasteiger partial charge >= 0.3 is 0 Å². The molecule has 4 aliphatic heterocycles. The Morgan fingerprint density at radius 2 is 1.68 bits per heavy atom. The third kappa shape index (κ3) is 3.25. The van der Waals surface area contributed by atoms with Crippen LogP contribution in [0.4, 0.5) is 0 Å². The van der Waals surface area contributed by atoms with Crippen molar-refractivity contribution in [2.45, 2.75) is 159 Å². The van der Waals surface area contributed by atoms with Crippen LogP contribution in [0.25, 0.3) is 10.9 Å². The van der Waals surface area contributed by atoms with Crippen molar-refractivity contribution < 1.29 is 28.8 Å². The van der Waals surface area contributed by atoms with E-state index in [1.54, 1.807) is 0 Å². The molecular formula is C37H49NO6. The monoisotopic (exact) mass is 603 g/mol. The molecule has 7 aliphatic rings. The Labute approximate surface area is 261 Å². The Bertz CT molecular complexity index is 1600. The summed E-state index contributed by atoms with van der Waals surface area (Å²) >= 11 is 0. The van der Waals surface area contributed by atoms with Crippen LogP contribution in [0.1, 0.15) is 97.9 Å². The first-order chi connectivity index (χ1) is 20.7. The van der Waals surface area contributed by atoms with Gasteiger partial charge in [-0.3, -0.25) is 0 Å². The highest BCUT2D eigenvalue weighted by Crippen LogP contribution is 2.75. The van der Waals surface area contributed by atoms with Crippen molar-refractivity contribution in [2.24, 2.45) is 11.3 Å². The Balaban J connectivity index is 1.09. The van der Waals surface area contributed by atoms with Gasteiger partial charge in [0.15, 0.2) is 11.9 Å². The molecule has 7 nitrogen and oxygen atoms in total. The molecule has 7 heteroatoms. The number of rotatable bonds is 3. The van der Waals surface area contributed by atoms with Crippen molar-refractivity contribution in [2.75, 3.05) is 0 Å². The van der Waals surface area contributed by atoms with Crippen LogP contribution in [0.15, 0.2) is 29.8 Å². The molecule has 0 radical (unpaired) electrons. The van der Waals surface area contributed by atoms with Crippen molar-refractivity contribution in [3.8, 4) is 0 Å². The van der Waals surface area contributed by atoms with E-state index in [2.05, 4.69) is 84.6 Å². The van der Waals surface area contributed by atoms with E-state index >= 15 is 0 Å². The minimum absolute atomic E-state index is 0.120. The number of allylic oxidation sites excluding steroid dienone is 2. The smallest absolute Gasteiger partial charge is 0.187 e. The average molecular weight is 604 g/mol. The molecule has 2 N–H and O–H groups in total. The third-order valence-electron chi connectivity index (χ3n) is 13.7. The molecule has 3 aliphatic carbocycles. The zero-order valence-electron chi connectivity index (χ0n) is 27.6. The van der Waals surface area contributed by atoms with Crippen molar-refractivity contribution in [3.05, 3.63) is 46.7 Å². The van der Waals surface area contributed by atoms with Crippen molar-refractivity contribution in [1.82, 2.24) is 4.98 Å². The molecule has 1 aromatic heterocycles. The van der Waals surface area contributed by atoms with Gasteiger partial charge in [-0.05, 0) is 103 Å². The summed E-state index contributed by atoms with van der Waals surface area (Å²) in [4.78, 5) is 3.95. The molecule has 2 saturated carbocycles. The first-order valence-corrected chi connectivity index (χ1v) is 17.0. The minimum Gasteiger partial charge on any atom is -0.386 e. The lowest BCUT2D eigenvalue weighted by atomic mass is 9.40. The summed E-state index contributed by atoms with van der Waals surface area (Å²) < 4.78 is 32.9. The quantitative estimate of drug-likeness (QED) is 0.329. The summed E-state index contributed by atoms with van der Waals surface area (Å²) in [7, 11) is 0. The fourth-order valence-corrected chi connectivity index (χ4v) is 11.0. The standard InChI is InChI=1S/C37H49NO6/c1-19(2)9-10-20-11-12-22-23-18-21-13-16-36(39)34(7,35(21,8)27(23)38-24(22)17-20)15-14-25-37(36)29(43-37)26-28(40-25)32(3,4)44-31(41-26)30-33(5,6)42-30/h9,11-12,17,21,25-26,28-31,38-39H,10,13-16,18H2,1-8H3/t21-,25-,26+,28-,29+,30?,31-,34+,35+,36-,37-/m0/s1. The van der Waals surface area contributed by atoms with Gasteiger partial charge in [0.25, 0.3) is 0 Å². The lowest BCUT2D eigenvalue weighted by Crippen LogP contribution is -2.77. The maximum Gasteiger partial charge on any atom is 0.187 e. The Hall–Kier alpha value is -1.74. The number of nitrogens with one attached hydrogen (secondary N) is 1. The number of hydrogen-bond acceptors (Lipinski definition) is 6. The van der Waals surface area contributed by atoms with Gasteiger partial charge in [0.1, 0.15) is 30.0 Å². The molecule has 44 heavy (non-hydrogen) atoms. The van der Waals surface area contributed by atoms with Crippen LogP contribution < -0.4 is 0 Å². The zero-order chi connectivity index (χ0) is 30.8. The highest BCUT2D eigenvalue weighted by atomic mass is 16.8. The second-order valence-corrected chi connectivity index (χ2v) is 16.9. The Morgan fingerprint density at radius 3 is 2.41 bits per heavy atom. The fraction of sp³-hybridized carbons (Fsp3) is 0.730. The molecule has 9 rings (SSSR count). The molecule has 1 aromatic carbocycles. The number of aliphatic hydroxyl groups is 1. The summed E-state index contributed by atoms with van der Waals surface area (Å²) in [6.45, 7) is 17.4. The first-order valence-electron chi connectivity index (χ1n) is 17.0. The number of benzene rings is 1. The molecule has 2 aromatic rings. The van der Waals surface area contributed by atoms with Gasteiger partial charge < -0.3 is 33.8 Å². The molecule has 238 valence electrons. The SMILES string of the molecule is CC(C)=CCc1ccc2c3c([nH]c2c1)[C@@]1(C)[C@@H](CC[C@@]2(O)[C@@]45O[C@@H]4[C@@H]4O[C@H](C6OC6(C)C)OC(C)(C)[C@H]4O[C@H]5CC[C@@]21C)C3. The molecule has 0 bridgehead atoms. The lowest BCUT2D eigenvalue weighted by molar-refractivity contribution is -0.356. The predicted molar refractivity (Wildman–Crippen MR) is 167 cm³/mol. The molecule has 11 atom stereocenters. The average Bonchev–Trinajstić information content (AvgIpc) is 3.79. The van der Waals surface area contributed by atoms with Gasteiger partial charge in [0, 0.05) is 27.4 Å². The van der Waals surface area contributed by atoms with E-state index in [0.29, 0.717) is 12.3 Å². The number of aromatic amines is 1. The second-order valence-electron chi connectivity index (χ2n) is 16.9. The van der Waals surface area contributed by atoms with Crippen LogP contribution in [-0.2, 0) is 41.9 Å². The maximum absolute atomic E-state index is 13.3. The third-order valence-corrected chi connectivity index (χ3v) is 13.7. The topological polar surface area (TPSA) is 88.8 Å². The second kappa shape index (κ2) is 8.39. The summed E-state index contributed by atoms with van der Waals surface area (Å²) in [6.07, 6.45) is 6.10. The number of aromatic nitrogens is 1. The number of ether oxygens (including phenoxy) is 5. The van der Waals surface area contributed by atoms with E-state index in [1.165, 1.54) is 33.3 Å². The first kappa shape index (κ1) is 28.5. The molecular weight excluding hydrogens is 554 g/mol. The van der Waals surface area contributed by atoms with Gasteiger partial charge in [-0.2, -0.15) is 0 Å².